The number of hydrogen-bond acceptors (Lipinski definition) is 10. The highest BCUT2D eigenvalue weighted by Crippen LogP contribution is 2.43. The van der Waals surface area contributed by atoms with Crippen LogP contribution in [0, 0.1) is 11.8 Å². The van der Waals surface area contributed by atoms with Gasteiger partial charge in [-0.2, -0.15) is 0 Å². The smallest absolute Gasteiger partial charge is 0.161 e. The van der Waals surface area contributed by atoms with Gasteiger partial charge >= 0.3 is 0 Å². The first-order valence-electron chi connectivity index (χ1n) is 16.3. The Hall–Kier alpha value is -2.60. The number of aromatic hydroxyl groups is 4. The summed E-state index contributed by atoms with van der Waals surface area (Å²) in [5.41, 5.74) is 14.9. The molecule has 4 aliphatic heterocycles. The van der Waals surface area contributed by atoms with Crippen molar-refractivity contribution in [1.82, 2.24) is 0 Å². The lowest BCUT2D eigenvalue weighted by Gasteiger charge is -2.38. The highest BCUT2D eigenvalue weighted by molar-refractivity contribution is 5.52. The number of phenols is 4. The highest BCUT2D eigenvalue weighted by atomic mass is 16.5. The molecule has 4 heterocycles. The van der Waals surface area contributed by atoms with Crippen molar-refractivity contribution >= 4 is 0 Å². The van der Waals surface area contributed by atoms with Crippen LogP contribution in [0.3, 0.4) is 0 Å². The van der Waals surface area contributed by atoms with Gasteiger partial charge in [-0.3, -0.25) is 0 Å². The molecule has 6 rings (SSSR count). The molecule has 2 aromatic rings. The third-order valence-corrected chi connectivity index (χ3v) is 8.72. The van der Waals surface area contributed by atoms with Crippen LogP contribution in [0.5, 0.6) is 23.0 Å². The summed E-state index contributed by atoms with van der Waals surface area (Å²) < 4.78 is 23.1. The van der Waals surface area contributed by atoms with E-state index in [4.69, 9.17) is 30.4 Å². The normalized spacial score (nSPS) is 26.3. The molecular formula is C34H54N2O8. The van der Waals surface area contributed by atoms with E-state index >= 15 is 0 Å². The van der Waals surface area contributed by atoms with Crippen LogP contribution < -0.4 is 11.5 Å². The molecule has 2 saturated heterocycles. The Morgan fingerprint density at radius 3 is 1.55 bits per heavy atom. The molecule has 0 spiro atoms. The molecule has 0 aliphatic carbocycles. The van der Waals surface area contributed by atoms with Gasteiger partial charge in [-0.05, 0) is 54.9 Å². The Morgan fingerprint density at radius 2 is 1.11 bits per heavy atom. The largest absolute Gasteiger partial charge is 0.504 e. The van der Waals surface area contributed by atoms with Gasteiger partial charge in [0.25, 0.3) is 0 Å². The van der Waals surface area contributed by atoms with E-state index in [0.717, 1.165) is 67.8 Å². The Morgan fingerprint density at radius 1 is 0.636 bits per heavy atom. The molecule has 2 fully saturated rings. The predicted molar refractivity (Wildman–Crippen MR) is 170 cm³/mol. The standard InChI is InChI=1S/2C15H21NO4.2C2H6/c16-8-14-10-1-2-12(17)15(18)11(10)7-13(20-14)9-3-5-19-6-4-9;16-7-14-10-3-4-12(17)15(18)11(10)6-13(20-14)9-2-1-5-19-8-9;2*1-2/h1-2,9,13-14,17-18H,3-8,16H2;3-4,9,13-14,17-18H,1-2,5-8,16H2;2*1-2H3. The van der Waals surface area contributed by atoms with Crippen LogP contribution in [0.15, 0.2) is 24.3 Å². The van der Waals surface area contributed by atoms with Crippen LogP contribution in [0.1, 0.15) is 87.8 Å². The Bertz CT molecular complexity index is 1060. The second-order valence-corrected chi connectivity index (χ2v) is 11.1. The van der Waals surface area contributed by atoms with Gasteiger partial charge in [0.1, 0.15) is 0 Å². The number of nitrogens with two attached hydrogens (primary N) is 2. The van der Waals surface area contributed by atoms with E-state index in [1.54, 1.807) is 12.1 Å². The molecule has 4 aliphatic rings. The predicted octanol–water partition coefficient (Wildman–Crippen LogP) is 4.98. The Kier molecular flexibility index (Phi) is 14.5. The number of ether oxygens (including phenoxy) is 4. The first-order chi connectivity index (χ1) is 21.4. The van der Waals surface area contributed by atoms with Crippen LogP contribution in [0.2, 0.25) is 0 Å². The van der Waals surface area contributed by atoms with Crippen molar-refractivity contribution < 1.29 is 39.4 Å². The van der Waals surface area contributed by atoms with Crippen molar-refractivity contribution in [3.05, 3.63) is 46.5 Å². The van der Waals surface area contributed by atoms with E-state index in [-0.39, 0.29) is 47.4 Å². The lowest BCUT2D eigenvalue weighted by atomic mass is 9.84. The summed E-state index contributed by atoms with van der Waals surface area (Å²) in [5.74, 6) is 0.528. The molecule has 2 aromatic carbocycles. The van der Waals surface area contributed by atoms with Crippen molar-refractivity contribution in [2.45, 2.75) is 90.6 Å². The van der Waals surface area contributed by atoms with Gasteiger partial charge in [-0.1, -0.05) is 39.8 Å². The number of benzene rings is 2. The third kappa shape index (κ3) is 8.35. The van der Waals surface area contributed by atoms with Crippen LogP contribution >= 0.6 is 0 Å². The fourth-order valence-electron chi connectivity index (χ4n) is 6.45. The first kappa shape index (κ1) is 35.9. The Labute approximate surface area is 262 Å². The summed E-state index contributed by atoms with van der Waals surface area (Å²) in [7, 11) is 0. The molecule has 8 N–H and O–H groups in total. The van der Waals surface area contributed by atoms with Gasteiger partial charge in [0.05, 0.1) is 31.0 Å². The summed E-state index contributed by atoms with van der Waals surface area (Å²) in [6, 6.07) is 6.57. The van der Waals surface area contributed by atoms with Gasteiger partial charge < -0.3 is 50.8 Å². The van der Waals surface area contributed by atoms with Gasteiger partial charge in [-0.25, -0.2) is 0 Å². The molecule has 5 unspecified atom stereocenters. The average Bonchev–Trinajstić information content (AvgIpc) is 3.10. The number of rotatable bonds is 4. The van der Waals surface area contributed by atoms with E-state index < -0.39 is 0 Å². The maximum atomic E-state index is 10.1. The third-order valence-electron chi connectivity index (χ3n) is 8.72. The van der Waals surface area contributed by atoms with Gasteiger partial charge in [0.15, 0.2) is 23.0 Å². The van der Waals surface area contributed by atoms with Gasteiger partial charge in [0, 0.05) is 62.8 Å². The summed E-state index contributed by atoms with van der Waals surface area (Å²) in [6.45, 7) is 11.8. The number of fused-ring (bicyclic) bond motifs is 2. The fraction of sp³-hybridized carbons (Fsp3) is 0.647. The van der Waals surface area contributed by atoms with Crippen LogP contribution in [0.25, 0.3) is 0 Å². The molecule has 0 bridgehead atoms. The van der Waals surface area contributed by atoms with Crippen LogP contribution in [-0.4, -0.2) is 72.2 Å². The molecule has 0 saturated carbocycles. The summed E-state index contributed by atoms with van der Waals surface area (Å²) >= 11 is 0. The van der Waals surface area contributed by atoms with Crippen molar-refractivity contribution in [1.29, 1.82) is 0 Å². The van der Waals surface area contributed by atoms with E-state index in [1.807, 2.05) is 27.7 Å². The molecule has 44 heavy (non-hydrogen) atoms. The minimum atomic E-state index is -0.225. The molecule has 10 heteroatoms. The molecular weight excluding hydrogens is 564 g/mol. The maximum Gasteiger partial charge on any atom is 0.161 e. The molecule has 248 valence electrons. The fourth-order valence-corrected chi connectivity index (χ4v) is 6.45. The molecule has 10 nitrogen and oxygen atoms in total. The van der Waals surface area contributed by atoms with Gasteiger partial charge in [0.2, 0.25) is 0 Å². The quantitative estimate of drug-likeness (QED) is 0.257. The minimum absolute atomic E-state index is 0.0101. The van der Waals surface area contributed by atoms with E-state index in [1.165, 1.54) is 12.1 Å². The van der Waals surface area contributed by atoms with E-state index in [2.05, 4.69) is 0 Å². The van der Waals surface area contributed by atoms with Crippen molar-refractivity contribution in [2.24, 2.45) is 23.3 Å². The summed E-state index contributed by atoms with van der Waals surface area (Å²) in [6.07, 6.45) is 4.85. The van der Waals surface area contributed by atoms with E-state index in [9.17, 15) is 20.4 Å². The van der Waals surface area contributed by atoms with Crippen LogP contribution in [0.4, 0.5) is 0 Å². The summed E-state index contributed by atoms with van der Waals surface area (Å²) in [4.78, 5) is 0. The zero-order chi connectivity index (χ0) is 32.2. The number of hydrogen-bond donors (Lipinski definition) is 6. The monoisotopic (exact) mass is 618 g/mol. The molecule has 0 amide bonds. The van der Waals surface area contributed by atoms with Crippen LogP contribution in [-0.2, 0) is 31.8 Å². The lowest BCUT2D eigenvalue weighted by molar-refractivity contribution is -0.0865. The Balaban J connectivity index is 0.000000216. The molecule has 0 radical (unpaired) electrons. The maximum absolute atomic E-state index is 10.1. The second-order valence-electron chi connectivity index (χ2n) is 11.1. The first-order valence-corrected chi connectivity index (χ1v) is 16.3. The summed E-state index contributed by atoms with van der Waals surface area (Å²) in [5, 5.41) is 39.6. The van der Waals surface area contributed by atoms with Crippen molar-refractivity contribution in [3.8, 4) is 23.0 Å². The van der Waals surface area contributed by atoms with E-state index in [0.29, 0.717) is 44.4 Å². The van der Waals surface area contributed by atoms with Crippen molar-refractivity contribution in [3.63, 3.8) is 0 Å². The zero-order valence-electron chi connectivity index (χ0n) is 26.8. The molecule has 0 aromatic heterocycles. The SMILES string of the molecule is CC.CC.NCC1OC(C2CCCOC2)Cc2c1ccc(O)c2O.NCC1OC(C2CCOCC2)Cc2c1ccc(O)c2O. The second kappa shape index (κ2) is 17.8. The van der Waals surface area contributed by atoms with Gasteiger partial charge in [-0.15, -0.1) is 0 Å². The zero-order valence-corrected chi connectivity index (χ0v) is 26.8. The average molecular weight is 619 g/mol. The topological polar surface area (TPSA) is 170 Å². The van der Waals surface area contributed by atoms with Crippen molar-refractivity contribution in [2.75, 3.05) is 39.5 Å². The highest BCUT2D eigenvalue weighted by Gasteiger charge is 2.36. The molecule has 5 atom stereocenters. The minimum Gasteiger partial charge on any atom is -0.504 e. The number of phenolic OH excluding ortho intramolecular Hbond substituents is 4. The lowest BCUT2D eigenvalue weighted by Crippen LogP contribution is -2.38.